The average Bonchev–Trinajstić information content (AvgIpc) is 3.00. The molecule has 1 saturated heterocycles. The summed E-state index contributed by atoms with van der Waals surface area (Å²) in [5.41, 5.74) is -0.0152. The Morgan fingerprint density at radius 3 is 2.38 bits per heavy atom. The number of hydrogen-bond acceptors (Lipinski definition) is 3. The molecule has 4 nitrogen and oxygen atoms in total. The molecule has 24 heavy (non-hydrogen) atoms. The molecule has 2 atom stereocenters. The van der Waals surface area contributed by atoms with Gasteiger partial charge in [0.1, 0.15) is 11.6 Å². The fourth-order valence-corrected chi connectivity index (χ4v) is 3.81. The predicted molar refractivity (Wildman–Crippen MR) is 86.5 cm³/mol. The third-order valence-corrected chi connectivity index (χ3v) is 5.23. The molecular formula is C18H24F2N2O2. The van der Waals surface area contributed by atoms with Crippen LogP contribution in [-0.4, -0.2) is 59.1 Å². The largest absolute Gasteiger partial charge is 0.391 e. The number of piperazine rings is 1. The molecule has 0 unspecified atom stereocenters. The summed E-state index contributed by atoms with van der Waals surface area (Å²) in [5, 5.41) is 9.99. The summed E-state index contributed by atoms with van der Waals surface area (Å²) in [6.45, 7) is 2.73. The van der Waals surface area contributed by atoms with E-state index in [0.29, 0.717) is 13.1 Å². The minimum atomic E-state index is -0.595. The summed E-state index contributed by atoms with van der Waals surface area (Å²) < 4.78 is 27.2. The standard InChI is InChI=1S/C18H24F2N2O2/c19-14-3-1-4-15(20)13(14)7-8-18(24)22-11-9-21(10-12-22)16-5-2-6-17(16)23/h1,3-4,16-17,23H,2,5-12H2/t16-,17-/m0/s1. The first kappa shape index (κ1) is 17.3. The predicted octanol–water partition coefficient (Wildman–Crippen LogP) is 1.95. The van der Waals surface area contributed by atoms with Gasteiger partial charge in [-0.15, -0.1) is 0 Å². The van der Waals surface area contributed by atoms with Gasteiger partial charge in [-0.05, 0) is 37.8 Å². The van der Waals surface area contributed by atoms with Gasteiger partial charge in [0.2, 0.25) is 5.91 Å². The number of hydrogen-bond donors (Lipinski definition) is 1. The van der Waals surface area contributed by atoms with Crippen LogP contribution >= 0.6 is 0 Å². The molecule has 0 radical (unpaired) electrons. The number of halogens is 2. The highest BCUT2D eigenvalue weighted by atomic mass is 19.1. The van der Waals surface area contributed by atoms with Crippen molar-refractivity contribution in [3.63, 3.8) is 0 Å². The van der Waals surface area contributed by atoms with Crippen molar-refractivity contribution in [2.45, 2.75) is 44.2 Å². The number of carbonyl (C=O) groups is 1. The van der Waals surface area contributed by atoms with Crippen LogP contribution < -0.4 is 0 Å². The molecule has 1 saturated carbocycles. The number of aliphatic hydroxyl groups excluding tert-OH is 1. The number of amides is 1. The van der Waals surface area contributed by atoms with E-state index in [2.05, 4.69) is 4.90 Å². The Bertz CT molecular complexity index is 568. The zero-order valence-electron chi connectivity index (χ0n) is 13.8. The van der Waals surface area contributed by atoms with E-state index in [1.165, 1.54) is 18.2 Å². The Balaban J connectivity index is 1.49. The first-order valence-corrected chi connectivity index (χ1v) is 8.69. The second-order valence-electron chi connectivity index (χ2n) is 6.68. The van der Waals surface area contributed by atoms with Gasteiger partial charge in [-0.2, -0.15) is 0 Å². The molecule has 0 bridgehead atoms. The molecule has 1 N–H and O–H groups in total. The van der Waals surface area contributed by atoms with E-state index in [9.17, 15) is 18.7 Å². The molecule has 2 fully saturated rings. The SMILES string of the molecule is O=C(CCc1c(F)cccc1F)N1CCN([C@H]2CCC[C@@H]2O)CC1. The van der Waals surface area contributed by atoms with Crippen molar-refractivity contribution in [2.24, 2.45) is 0 Å². The lowest BCUT2D eigenvalue weighted by Gasteiger charge is -2.39. The van der Waals surface area contributed by atoms with Crippen LogP contribution in [0.4, 0.5) is 8.78 Å². The highest BCUT2D eigenvalue weighted by Crippen LogP contribution is 2.25. The van der Waals surface area contributed by atoms with Crippen LogP contribution in [0.1, 0.15) is 31.2 Å². The highest BCUT2D eigenvalue weighted by Gasteiger charge is 2.33. The van der Waals surface area contributed by atoms with Gasteiger partial charge in [0.25, 0.3) is 0 Å². The second-order valence-corrected chi connectivity index (χ2v) is 6.68. The molecule has 2 aliphatic rings. The monoisotopic (exact) mass is 338 g/mol. The van der Waals surface area contributed by atoms with Crippen LogP contribution in [0, 0.1) is 11.6 Å². The van der Waals surface area contributed by atoms with E-state index >= 15 is 0 Å². The third kappa shape index (κ3) is 3.75. The van der Waals surface area contributed by atoms with Crippen molar-refractivity contribution in [1.29, 1.82) is 0 Å². The molecule has 6 heteroatoms. The van der Waals surface area contributed by atoms with Gasteiger partial charge < -0.3 is 10.0 Å². The van der Waals surface area contributed by atoms with Crippen LogP contribution in [0.3, 0.4) is 0 Å². The summed E-state index contributed by atoms with van der Waals surface area (Å²) in [6, 6.07) is 3.98. The number of nitrogens with zero attached hydrogens (tertiary/aromatic N) is 2. The molecule has 1 aliphatic carbocycles. The first-order chi connectivity index (χ1) is 11.6. The van der Waals surface area contributed by atoms with Gasteiger partial charge in [-0.1, -0.05) is 6.07 Å². The molecule has 0 aromatic heterocycles. The Morgan fingerprint density at radius 2 is 1.79 bits per heavy atom. The topological polar surface area (TPSA) is 43.8 Å². The van der Waals surface area contributed by atoms with Gasteiger partial charge in [0, 0.05) is 44.2 Å². The lowest BCUT2D eigenvalue weighted by Crippen LogP contribution is -2.53. The maximum Gasteiger partial charge on any atom is 0.222 e. The first-order valence-electron chi connectivity index (χ1n) is 8.69. The van der Waals surface area contributed by atoms with E-state index in [1.54, 1.807) is 4.90 Å². The van der Waals surface area contributed by atoms with Crippen molar-refractivity contribution < 1.29 is 18.7 Å². The molecule has 1 amide bonds. The summed E-state index contributed by atoms with van der Waals surface area (Å²) in [7, 11) is 0. The van der Waals surface area contributed by atoms with E-state index in [4.69, 9.17) is 0 Å². The van der Waals surface area contributed by atoms with Crippen LogP contribution in [0.5, 0.6) is 0 Å². The fraction of sp³-hybridized carbons (Fsp3) is 0.611. The molecule has 1 aromatic rings. The number of benzene rings is 1. The van der Waals surface area contributed by atoms with Gasteiger partial charge >= 0.3 is 0 Å². The zero-order chi connectivity index (χ0) is 17.1. The fourth-order valence-electron chi connectivity index (χ4n) is 3.81. The minimum Gasteiger partial charge on any atom is -0.391 e. The van der Waals surface area contributed by atoms with Crippen molar-refractivity contribution in [3.8, 4) is 0 Å². The third-order valence-electron chi connectivity index (χ3n) is 5.23. The highest BCUT2D eigenvalue weighted by molar-refractivity contribution is 5.76. The van der Waals surface area contributed by atoms with Crippen LogP contribution in [-0.2, 0) is 11.2 Å². The smallest absolute Gasteiger partial charge is 0.222 e. The molecule has 3 rings (SSSR count). The van der Waals surface area contributed by atoms with Gasteiger partial charge in [0.05, 0.1) is 6.10 Å². The van der Waals surface area contributed by atoms with E-state index in [-0.39, 0.29) is 36.5 Å². The van der Waals surface area contributed by atoms with E-state index < -0.39 is 11.6 Å². The quantitative estimate of drug-likeness (QED) is 0.913. The zero-order valence-corrected chi connectivity index (χ0v) is 13.8. The molecule has 0 spiro atoms. The van der Waals surface area contributed by atoms with Gasteiger partial charge in [0.15, 0.2) is 0 Å². The van der Waals surface area contributed by atoms with Crippen molar-refractivity contribution in [1.82, 2.24) is 9.80 Å². The Kier molecular flexibility index (Phi) is 5.46. The molecule has 132 valence electrons. The van der Waals surface area contributed by atoms with E-state index in [1.807, 2.05) is 0 Å². The average molecular weight is 338 g/mol. The Morgan fingerprint density at radius 1 is 1.12 bits per heavy atom. The normalized spacial score (nSPS) is 25.2. The van der Waals surface area contributed by atoms with Gasteiger partial charge in [-0.3, -0.25) is 9.69 Å². The van der Waals surface area contributed by atoms with Crippen molar-refractivity contribution in [3.05, 3.63) is 35.4 Å². The van der Waals surface area contributed by atoms with Crippen LogP contribution in [0.15, 0.2) is 18.2 Å². The number of rotatable bonds is 4. The summed E-state index contributed by atoms with van der Waals surface area (Å²) in [4.78, 5) is 16.3. The number of aliphatic hydroxyl groups is 1. The lowest BCUT2D eigenvalue weighted by atomic mass is 10.1. The van der Waals surface area contributed by atoms with Crippen LogP contribution in [0.2, 0.25) is 0 Å². The van der Waals surface area contributed by atoms with E-state index in [0.717, 1.165) is 32.4 Å². The molecule has 1 heterocycles. The molecular weight excluding hydrogens is 314 g/mol. The maximum atomic E-state index is 13.6. The second kappa shape index (κ2) is 7.57. The number of carbonyl (C=O) groups excluding carboxylic acids is 1. The minimum absolute atomic E-state index is 0.0152. The summed E-state index contributed by atoms with van der Waals surface area (Å²) >= 11 is 0. The Labute approximate surface area is 141 Å². The Hall–Kier alpha value is -1.53. The maximum absolute atomic E-state index is 13.6. The van der Waals surface area contributed by atoms with Crippen molar-refractivity contribution in [2.75, 3.05) is 26.2 Å². The van der Waals surface area contributed by atoms with Crippen LogP contribution in [0.25, 0.3) is 0 Å². The van der Waals surface area contributed by atoms with Crippen molar-refractivity contribution >= 4 is 5.91 Å². The molecule has 1 aromatic carbocycles. The summed E-state index contributed by atoms with van der Waals surface area (Å²) in [6.07, 6.45) is 2.87. The molecule has 1 aliphatic heterocycles. The summed E-state index contributed by atoms with van der Waals surface area (Å²) in [5.74, 6) is -1.25. The lowest BCUT2D eigenvalue weighted by molar-refractivity contribution is -0.133. The van der Waals surface area contributed by atoms with Gasteiger partial charge in [-0.25, -0.2) is 8.78 Å².